The largest absolute Gasteiger partial charge is 0.443 e. The molecule has 0 unspecified atom stereocenters. The number of oxazole rings is 1. The third-order valence-corrected chi connectivity index (χ3v) is 2.03. The second-order valence-corrected chi connectivity index (χ2v) is 3.01. The van der Waals surface area contributed by atoms with Crippen molar-refractivity contribution < 1.29 is 4.42 Å². The van der Waals surface area contributed by atoms with Gasteiger partial charge in [0.1, 0.15) is 12.5 Å². The van der Waals surface area contributed by atoms with E-state index < -0.39 is 0 Å². The SMILES string of the molecule is [c]1nc2ccccc2nc1-c1ncco1. The number of para-hydroxylation sites is 2. The van der Waals surface area contributed by atoms with E-state index in [0.29, 0.717) is 11.6 Å². The monoisotopic (exact) mass is 196 g/mol. The minimum absolute atomic E-state index is 0.438. The number of hydrogen-bond donors (Lipinski definition) is 0. The van der Waals surface area contributed by atoms with Gasteiger partial charge in [-0.2, -0.15) is 0 Å². The Morgan fingerprint density at radius 1 is 1.13 bits per heavy atom. The lowest BCUT2D eigenvalue weighted by atomic mass is 10.3. The second kappa shape index (κ2) is 3.16. The van der Waals surface area contributed by atoms with Crippen LogP contribution in [0.1, 0.15) is 0 Å². The van der Waals surface area contributed by atoms with Gasteiger partial charge in [-0.1, -0.05) is 12.1 Å². The first-order valence-electron chi connectivity index (χ1n) is 4.48. The van der Waals surface area contributed by atoms with Crippen LogP contribution in [0.2, 0.25) is 0 Å². The van der Waals surface area contributed by atoms with Crippen molar-refractivity contribution in [2.45, 2.75) is 0 Å². The molecule has 4 nitrogen and oxygen atoms in total. The van der Waals surface area contributed by atoms with Crippen molar-refractivity contribution >= 4 is 11.0 Å². The molecule has 71 valence electrons. The maximum absolute atomic E-state index is 5.12. The zero-order valence-electron chi connectivity index (χ0n) is 7.71. The number of nitrogens with zero attached hydrogens (tertiary/aromatic N) is 3. The van der Waals surface area contributed by atoms with Crippen molar-refractivity contribution in [1.82, 2.24) is 15.0 Å². The van der Waals surface area contributed by atoms with E-state index in [9.17, 15) is 0 Å². The molecule has 0 aliphatic heterocycles. The fraction of sp³-hybridized carbons (Fsp3) is 0. The van der Waals surface area contributed by atoms with Gasteiger partial charge in [0.05, 0.1) is 17.2 Å². The van der Waals surface area contributed by atoms with Gasteiger partial charge in [0.25, 0.3) is 0 Å². The Kier molecular flexibility index (Phi) is 1.71. The molecular weight excluding hydrogens is 190 g/mol. The fourth-order valence-electron chi connectivity index (χ4n) is 1.35. The minimum Gasteiger partial charge on any atom is -0.443 e. The van der Waals surface area contributed by atoms with E-state index in [1.165, 1.54) is 6.26 Å². The van der Waals surface area contributed by atoms with Gasteiger partial charge in [0.15, 0.2) is 5.69 Å². The molecular formula is C11H6N3O. The van der Waals surface area contributed by atoms with Crippen LogP contribution in [-0.2, 0) is 0 Å². The lowest BCUT2D eigenvalue weighted by molar-refractivity contribution is 0.572. The predicted molar refractivity (Wildman–Crippen MR) is 53.9 cm³/mol. The lowest BCUT2D eigenvalue weighted by Crippen LogP contribution is -1.88. The number of hydrogen-bond acceptors (Lipinski definition) is 4. The van der Waals surface area contributed by atoms with E-state index in [0.717, 1.165) is 11.0 Å². The summed E-state index contributed by atoms with van der Waals surface area (Å²) in [6, 6.07) is 7.60. The van der Waals surface area contributed by atoms with Crippen LogP contribution >= 0.6 is 0 Å². The zero-order valence-corrected chi connectivity index (χ0v) is 7.71. The topological polar surface area (TPSA) is 51.8 Å². The molecule has 1 radical (unpaired) electrons. The van der Waals surface area contributed by atoms with Crippen LogP contribution in [-0.4, -0.2) is 15.0 Å². The zero-order chi connectivity index (χ0) is 10.1. The number of rotatable bonds is 1. The molecule has 0 fully saturated rings. The minimum atomic E-state index is 0.438. The van der Waals surface area contributed by atoms with E-state index >= 15 is 0 Å². The van der Waals surface area contributed by atoms with Gasteiger partial charge in [-0.3, -0.25) is 0 Å². The molecule has 0 amide bonds. The summed E-state index contributed by atoms with van der Waals surface area (Å²) in [5.41, 5.74) is 2.15. The molecule has 0 bridgehead atoms. The molecule has 0 N–H and O–H groups in total. The molecule has 0 saturated carbocycles. The Balaban J connectivity index is 2.22. The molecule has 1 aromatic carbocycles. The van der Waals surface area contributed by atoms with E-state index in [1.807, 2.05) is 24.3 Å². The van der Waals surface area contributed by atoms with E-state index in [-0.39, 0.29) is 0 Å². The van der Waals surface area contributed by atoms with Crippen molar-refractivity contribution in [1.29, 1.82) is 0 Å². The Labute approximate surface area is 85.6 Å². The highest BCUT2D eigenvalue weighted by Crippen LogP contribution is 2.15. The van der Waals surface area contributed by atoms with Gasteiger partial charge >= 0.3 is 0 Å². The van der Waals surface area contributed by atoms with Crippen LogP contribution in [0.15, 0.2) is 41.1 Å². The lowest BCUT2D eigenvalue weighted by Gasteiger charge is -1.96. The highest BCUT2D eigenvalue weighted by Gasteiger charge is 2.06. The predicted octanol–water partition coefficient (Wildman–Crippen LogP) is 2.08. The van der Waals surface area contributed by atoms with Gasteiger partial charge in [-0.25, -0.2) is 15.0 Å². The summed E-state index contributed by atoms with van der Waals surface area (Å²) in [5, 5.41) is 0. The van der Waals surface area contributed by atoms with Crippen molar-refractivity contribution in [3.8, 4) is 11.6 Å². The van der Waals surface area contributed by atoms with Crippen LogP contribution in [0.3, 0.4) is 0 Å². The van der Waals surface area contributed by atoms with Gasteiger partial charge < -0.3 is 4.42 Å². The van der Waals surface area contributed by atoms with Crippen molar-refractivity contribution in [2.24, 2.45) is 0 Å². The maximum atomic E-state index is 5.12. The summed E-state index contributed by atoms with van der Waals surface area (Å²) in [6.45, 7) is 0. The average molecular weight is 196 g/mol. The summed E-state index contributed by atoms with van der Waals surface area (Å²) in [7, 11) is 0. The molecule has 2 aromatic heterocycles. The average Bonchev–Trinajstić information content (AvgIpc) is 2.82. The molecule has 4 heteroatoms. The van der Waals surface area contributed by atoms with E-state index in [4.69, 9.17) is 4.42 Å². The van der Waals surface area contributed by atoms with Crippen LogP contribution in [0.4, 0.5) is 0 Å². The third kappa shape index (κ3) is 1.36. The van der Waals surface area contributed by atoms with Crippen LogP contribution in [0.5, 0.6) is 0 Å². The summed E-state index contributed by atoms with van der Waals surface area (Å²) in [6.07, 6.45) is 5.87. The van der Waals surface area contributed by atoms with Gasteiger partial charge in [0, 0.05) is 0 Å². The summed E-state index contributed by atoms with van der Waals surface area (Å²) in [5.74, 6) is 0.438. The second-order valence-electron chi connectivity index (χ2n) is 3.01. The summed E-state index contributed by atoms with van der Waals surface area (Å²) in [4.78, 5) is 12.5. The quantitative estimate of drug-likeness (QED) is 0.598. The van der Waals surface area contributed by atoms with Gasteiger partial charge in [-0.15, -0.1) is 0 Å². The smallest absolute Gasteiger partial charge is 0.247 e. The Morgan fingerprint density at radius 2 is 2.00 bits per heavy atom. The Morgan fingerprint density at radius 3 is 2.80 bits per heavy atom. The summed E-state index contributed by atoms with van der Waals surface area (Å²) < 4.78 is 5.12. The van der Waals surface area contributed by atoms with Crippen LogP contribution < -0.4 is 0 Å². The van der Waals surface area contributed by atoms with E-state index in [2.05, 4.69) is 21.1 Å². The number of aromatic nitrogens is 3. The van der Waals surface area contributed by atoms with Gasteiger partial charge in [0.2, 0.25) is 5.89 Å². The third-order valence-electron chi connectivity index (χ3n) is 2.03. The van der Waals surface area contributed by atoms with Crippen molar-refractivity contribution in [3.05, 3.63) is 42.9 Å². The molecule has 2 heterocycles. The summed E-state index contributed by atoms with van der Waals surface area (Å²) >= 11 is 0. The number of fused-ring (bicyclic) bond motifs is 1. The van der Waals surface area contributed by atoms with Crippen LogP contribution in [0.25, 0.3) is 22.6 Å². The van der Waals surface area contributed by atoms with E-state index in [1.54, 1.807) is 6.20 Å². The standard InChI is InChI=1S/C11H6N3O/c1-2-4-9-8(3-1)13-7-10(14-9)11-12-5-6-15-11/h1-6H. The molecule has 0 aliphatic carbocycles. The van der Waals surface area contributed by atoms with Gasteiger partial charge in [-0.05, 0) is 12.1 Å². The first kappa shape index (κ1) is 8.11. The molecule has 3 aromatic rings. The fourth-order valence-corrected chi connectivity index (χ4v) is 1.35. The Bertz CT molecular complexity index is 590. The van der Waals surface area contributed by atoms with Crippen LogP contribution in [0, 0.1) is 6.20 Å². The highest BCUT2D eigenvalue weighted by molar-refractivity contribution is 5.75. The normalized spacial score (nSPS) is 10.7. The first-order valence-corrected chi connectivity index (χ1v) is 4.48. The number of benzene rings is 1. The first-order chi connectivity index (χ1) is 7.43. The van der Waals surface area contributed by atoms with Crippen molar-refractivity contribution in [2.75, 3.05) is 0 Å². The molecule has 0 atom stereocenters. The molecule has 0 aliphatic rings. The molecule has 0 spiro atoms. The maximum Gasteiger partial charge on any atom is 0.247 e. The highest BCUT2D eigenvalue weighted by atomic mass is 16.3. The Hall–Kier alpha value is -2.23. The molecule has 3 rings (SSSR count). The van der Waals surface area contributed by atoms with Crippen molar-refractivity contribution in [3.63, 3.8) is 0 Å². The molecule has 15 heavy (non-hydrogen) atoms. The molecule has 0 saturated heterocycles.